The number of hydrogen-bond acceptors (Lipinski definition) is 1. The van der Waals surface area contributed by atoms with E-state index in [0.717, 1.165) is 34.3 Å². The van der Waals surface area contributed by atoms with Gasteiger partial charge in [-0.25, -0.2) is 4.39 Å². The number of rotatable bonds is 4. The van der Waals surface area contributed by atoms with Crippen LogP contribution in [0, 0.1) is 32.5 Å². The van der Waals surface area contributed by atoms with Crippen molar-refractivity contribution in [3.05, 3.63) is 70.5 Å². The predicted octanol–water partition coefficient (Wildman–Crippen LogP) is 8.57. The maximum atomic E-state index is 14.5. The van der Waals surface area contributed by atoms with Crippen LogP contribution in [-0.4, -0.2) is 8.07 Å². The van der Waals surface area contributed by atoms with Gasteiger partial charge in [0.1, 0.15) is 24.0 Å². The number of hydrogen-bond donors (Lipinski definition) is 0. The highest BCUT2D eigenvalue weighted by atomic mass is 28.3. The van der Waals surface area contributed by atoms with Crippen molar-refractivity contribution in [3.8, 4) is 11.3 Å². The van der Waals surface area contributed by atoms with E-state index in [4.69, 9.17) is 4.42 Å². The molecule has 4 heteroatoms. The summed E-state index contributed by atoms with van der Waals surface area (Å²) < 4.78 is 23.4. The van der Waals surface area contributed by atoms with E-state index in [0.29, 0.717) is 11.1 Å². The molecule has 196 valence electrons. The van der Waals surface area contributed by atoms with Crippen LogP contribution in [0.25, 0.3) is 44.1 Å². The molecule has 1 fully saturated rings. The monoisotopic (exact) mass is 524 g/mol. The SMILES string of the molecule is Cc1cc2c(oc3c(C)c(F)ccc32)c(-c2cc(CC3CCCC3)c3cc([Si](C)(C)C)ccc3[n+]2C)c1C. The zero-order valence-electron chi connectivity index (χ0n) is 23.9. The topological polar surface area (TPSA) is 17.0 Å². The Morgan fingerprint density at radius 1 is 0.868 bits per heavy atom. The van der Waals surface area contributed by atoms with E-state index in [1.54, 1.807) is 6.07 Å². The fourth-order valence-corrected chi connectivity index (χ4v) is 7.74. The van der Waals surface area contributed by atoms with Crippen LogP contribution in [0.4, 0.5) is 4.39 Å². The lowest BCUT2D eigenvalue weighted by Crippen LogP contribution is -2.39. The minimum atomic E-state index is -1.45. The van der Waals surface area contributed by atoms with Crippen molar-refractivity contribution < 1.29 is 13.4 Å². The third-order valence-corrected chi connectivity index (χ3v) is 11.2. The lowest BCUT2D eigenvalue weighted by Gasteiger charge is -2.19. The van der Waals surface area contributed by atoms with Crippen LogP contribution in [0.3, 0.4) is 0 Å². The first-order chi connectivity index (χ1) is 18.0. The molecule has 5 aromatic rings. The molecule has 6 rings (SSSR count). The van der Waals surface area contributed by atoms with E-state index in [1.165, 1.54) is 64.2 Å². The maximum Gasteiger partial charge on any atom is 0.217 e. The molecule has 2 aromatic heterocycles. The molecule has 1 aliphatic carbocycles. The van der Waals surface area contributed by atoms with Crippen LogP contribution >= 0.6 is 0 Å². The average molecular weight is 525 g/mol. The highest BCUT2D eigenvalue weighted by molar-refractivity contribution is 6.88. The van der Waals surface area contributed by atoms with Gasteiger partial charge < -0.3 is 4.42 Å². The molecule has 1 aliphatic rings. The summed E-state index contributed by atoms with van der Waals surface area (Å²) in [6.07, 6.45) is 6.48. The zero-order valence-corrected chi connectivity index (χ0v) is 24.9. The highest BCUT2D eigenvalue weighted by Gasteiger charge is 2.28. The van der Waals surface area contributed by atoms with E-state index in [-0.39, 0.29) is 5.82 Å². The fourth-order valence-electron chi connectivity index (χ4n) is 6.58. The Bertz CT molecular complexity index is 1730. The van der Waals surface area contributed by atoms with Gasteiger partial charge in [0.15, 0.2) is 0 Å². The molecule has 0 aliphatic heterocycles. The molecule has 2 heterocycles. The summed E-state index contributed by atoms with van der Waals surface area (Å²) in [6, 6.07) is 15.3. The molecule has 0 spiro atoms. The van der Waals surface area contributed by atoms with Crippen LogP contribution in [-0.2, 0) is 13.5 Å². The third kappa shape index (κ3) is 4.00. The predicted molar refractivity (Wildman–Crippen MR) is 161 cm³/mol. The lowest BCUT2D eigenvalue weighted by atomic mass is 9.91. The van der Waals surface area contributed by atoms with Gasteiger partial charge in [-0.2, -0.15) is 4.57 Å². The quantitative estimate of drug-likeness (QED) is 0.170. The molecule has 0 radical (unpaired) electrons. The number of nitrogens with zero attached hydrogens (tertiary/aromatic N) is 1. The molecule has 3 aromatic carbocycles. The van der Waals surface area contributed by atoms with Crippen molar-refractivity contribution in [2.45, 2.75) is 72.5 Å². The summed E-state index contributed by atoms with van der Waals surface area (Å²) in [7, 11) is 0.738. The molecular weight excluding hydrogens is 485 g/mol. The van der Waals surface area contributed by atoms with Gasteiger partial charge in [-0.05, 0) is 74.1 Å². The Morgan fingerprint density at radius 3 is 2.32 bits per heavy atom. The van der Waals surface area contributed by atoms with Crippen molar-refractivity contribution in [1.82, 2.24) is 0 Å². The summed E-state index contributed by atoms with van der Waals surface area (Å²) >= 11 is 0. The normalized spacial score (nSPS) is 14.9. The summed E-state index contributed by atoms with van der Waals surface area (Å²) in [6.45, 7) is 13.5. The van der Waals surface area contributed by atoms with Crippen molar-refractivity contribution in [2.75, 3.05) is 0 Å². The Morgan fingerprint density at radius 2 is 1.61 bits per heavy atom. The summed E-state index contributed by atoms with van der Waals surface area (Å²) in [5.74, 6) is 0.532. The Hall–Kier alpha value is -2.98. The molecule has 0 atom stereocenters. The Kier molecular flexibility index (Phi) is 6.03. The van der Waals surface area contributed by atoms with Crippen LogP contribution in [0.2, 0.25) is 19.6 Å². The largest absolute Gasteiger partial charge is 0.455 e. The summed E-state index contributed by atoms with van der Waals surface area (Å²) in [4.78, 5) is 0. The van der Waals surface area contributed by atoms with Gasteiger partial charge in [-0.15, -0.1) is 0 Å². The van der Waals surface area contributed by atoms with Gasteiger partial charge >= 0.3 is 0 Å². The van der Waals surface area contributed by atoms with Crippen LogP contribution in [0.1, 0.15) is 47.9 Å². The van der Waals surface area contributed by atoms with Gasteiger partial charge in [0.2, 0.25) is 11.2 Å². The highest BCUT2D eigenvalue weighted by Crippen LogP contribution is 2.41. The molecule has 0 amide bonds. The van der Waals surface area contributed by atoms with Gasteiger partial charge in [-0.3, -0.25) is 0 Å². The number of pyridine rings is 1. The molecule has 0 unspecified atom stereocenters. The molecule has 0 saturated heterocycles. The van der Waals surface area contributed by atoms with Crippen molar-refractivity contribution in [3.63, 3.8) is 0 Å². The lowest BCUT2D eigenvalue weighted by molar-refractivity contribution is -0.633. The van der Waals surface area contributed by atoms with Crippen molar-refractivity contribution in [1.29, 1.82) is 0 Å². The smallest absolute Gasteiger partial charge is 0.217 e. The number of fused-ring (bicyclic) bond motifs is 4. The second-order valence-electron chi connectivity index (χ2n) is 12.7. The minimum Gasteiger partial charge on any atom is -0.455 e. The van der Waals surface area contributed by atoms with E-state index in [9.17, 15) is 4.39 Å². The molecule has 1 saturated carbocycles. The Labute approximate surface area is 226 Å². The number of aromatic nitrogens is 1. The average Bonchev–Trinajstić information content (AvgIpc) is 3.52. The van der Waals surface area contributed by atoms with Gasteiger partial charge in [0, 0.05) is 33.9 Å². The van der Waals surface area contributed by atoms with E-state index in [2.05, 4.69) is 75.4 Å². The van der Waals surface area contributed by atoms with Crippen molar-refractivity contribution in [2.24, 2.45) is 13.0 Å². The second-order valence-corrected chi connectivity index (χ2v) is 17.7. The number of aryl methyl sites for hydroxylation is 3. The molecule has 0 bridgehead atoms. The molecule has 38 heavy (non-hydrogen) atoms. The van der Waals surface area contributed by atoms with Crippen LogP contribution < -0.4 is 9.75 Å². The van der Waals surface area contributed by atoms with Crippen LogP contribution in [0.15, 0.2) is 46.9 Å². The molecule has 0 N–H and O–H groups in total. The molecule has 2 nitrogen and oxygen atoms in total. The third-order valence-electron chi connectivity index (χ3n) is 9.11. The fraction of sp³-hybridized carbons (Fsp3) is 0.382. The van der Waals surface area contributed by atoms with Crippen LogP contribution in [0.5, 0.6) is 0 Å². The second kappa shape index (κ2) is 9.05. The van der Waals surface area contributed by atoms with E-state index in [1.807, 2.05) is 13.0 Å². The number of furan rings is 1. The van der Waals surface area contributed by atoms with Gasteiger partial charge in [0.05, 0.1) is 13.6 Å². The minimum absolute atomic E-state index is 0.222. The standard InChI is InChI=1S/C34H39FNOSi/c1-20-16-28-26-13-14-29(35)22(3)33(26)37-34(28)32(21(20)2)31-18-24(17-23-10-8-9-11-23)27-19-25(38(5,6)7)12-15-30(27)36(31)4/h12-16,18-19,23H,8-11,17H2,1-7H3/q+1. The van der Waals surface area contributed by atoms with E-state index >= 15 is 0 Å². The summed E-state index contributed by atoms with van der Waals surface area (Å²) in [5, 5.41) is 4.95. The maximum absolute atomic E-state index is 14.5. The Balaban J connectivity index is 1.68. The molecular formula is C34H39FNOSi+. The first-order valence-corrected chi connectivity index (χ1v) is 17.6. The van der Waals surface area contributed by atoms with Crippen molar-refractivity contribution >= 4 is 46.1 Å². The summed E-state index contributed by atoms with van der Waals surface area (Å²) in [5.41, 5.74) is 9.55. The first kappa shape index (κ1) is 25.3. The van der Waals surface area contributed by atoms with E-state index < -0.39 is 8.07 Å². The van der Waals surface area contributed by atoms with Gasteiger partial charge in [-0.1, -0.05) is 56.6 Å². The van der Waals surface area contributed by atoms with Gasteiger partial charge in [0.25, 0.3) is 0 Å². The first-order valence-electron chi connectivity index (χ1n) is 14.1. The number of halogens is 1. The number of benzene rings is 3. The zero-order chi connectivity index (χ0) is 26.9.